The number of benzene rings is 2. The fourth-order valence-corrected chi connectivity index (χ4v) is 4.04. The van der Waals surface area contributed by atoms with Gasteiger partial charge in [0.15, 0.2) is 0 Å². The quantitative estimate of drug-likeness (QED) is 0.0528. The van der Waals surface area contributed by atoms with Gasteiger partial charge in [0.1, 0.15) is 25.3 Å². The van der Waals surface area contributed by atoms with E-state index in [9.17, 15) is 24.0 Å². The highest BCUT2D eigenvalue weighted by molar-refractivity contribution is 5.92. The van der Waals surface area contributed by atoms with Crippen LogP contribution in [0, 0.1) is 0 Å². The van der Waals surface area contributed by atoms with Gasteiger partial charge in [-0.25, -0.2) is 0 Å². The van der Waals surface area contributed by atoms with Crippen LogP contribution in [0.2, 0.25) is 0 Å². The molecule has 2 aromatic rings. The number of nitrogens with one attached hydrogen (secondary N) is 3. The first-order chi connectivity index (χ1) is 22.8. The Hall–Kier alpha value is -4.98. The SMILES string of the molecule is CC(=O)N[C@H](CCC(=O)OCc1ccccc1)C(=O)NC(CCC(=O)OCc1ccccc1)C(=O)NCCOCCOCCN=[N+]=[N-]. The van der Waals surface area contributed by atoms with Crippen LogP contribution in [0.15, 0.2) is 65.8 Å². The van der Waals surface area contributed by atoms with Gasteiger partial charge in [-0.05, 0) is 29.5 Å². The molecule has 0 fully saturated rings. The minimum atomic E-state index is -1.16. The van der Waals surface area contributed by atoms with E-state index in [-0.39, 0.29) is 78.4 Å². The molecule has 2 rings (SSSR count). The summed E-state index contributed by atoms with van der Waals surface area (Å²) in [7, 11) is 0. The Morgan fingerprint density at radius 2 is 1.23 bits per heavy atom. The number of carbonyl (C=O) groups excluding carboxylic acids is 5. The first-order valence-corrected chi connectivity index (χ1v) is 15.2. The van der Waals surface area contributed by atoms with Gasteiger partial charge in [0.05, 0.1) is 26.4 Å². The van der Waals surface area contributed by atoms with Crippen molar-refractivity contribution in [1.29, 1.82) is 0 Å². The monoisotopic (exact) mass is 654 g/mol. The molecule has 2 atom stereocenters. The van der Waals surface area contributed by atoms with Gasteiger partial charge in [-0.3, -0.25) is 24.0 Å². The molecule has 0 saturated heterocycles. The van der Waals surface area contributed by atoms with E-state index in [4.69, 9.17) is 24.5 Å². The van der Waals surface area contributed by atoms with Crippen molar-refractivity contribution < 1.29 is 42.9 Å². The molecular weight excluding hydrogens is 612 g/mol. The van der Waals surface area contributed by atoms with Gasteiger partial charge in [-0.1, -0.05) is 65.8 Å². The van der Waals surface area contributed by atoms with E-state index in [1.807, 2.05) is 36.4 Å². The van der Waals surface area contributed by atoms with Crippen LogP contribution in [0.1, 0.15) is 43.7 Å². The molecule has 2 aromatic carbocycles. The van der Waals surface area contributed by atoms with Crippen molar-refractivity contribution in [2.45, 2.75) is 57.9 Å². The molecule has 15 nitrogen and oxygen atoms in total. The van der Waals surface area contributed by atoms with Gasteiger partial charge in [-0.2, -0.15) is 0 Å². The predicted octanol–water partition coefficient (Wildman–Crippen LogP) is 2.48. The Bertz CT molecular complexity index is 1310. The van der Waals surface area contributed by atoms with Gasteiger partial charge >= 0.3 is 11.9 Å². The lowest BCUT2D eigenvalue weighted by atomic mass is 10.1. The van der Waals surface area contributed by atoms with Crippen molar-refractivity contribution in [2.75, 3.05) is 39.5 Å². The summed E-state index contributed by atoms with van der Waals surface area (Å²) >= 11 is 0. The summed E-state index contributed by atoms with van der Waals surface area (Å²) in [5.74, 6) is -2.92. The number of hydrogen-bond donors (Lipinski definition) is 3. The van der Waals surface area contributed by atoms with Crippen LogP contribution in [-0.2, 0) is 56.1 Å². The molecule has 0 spiro atoms. The molecule has 0 aliphatic carbocycles. The highest BCUT2D eigenvalue weighted by Gasteiger charge is 2.27. The van der Waals surface area contributed by atoms with E-state index < -0.39 is 41.7 Å². The maximum atomic E-state index is 13.2. The van der Waals surface area contributed by atoms with Crippen molar-refractivity contribution >= 4 is 29.7 Å². The number of azide groups is 1. The molecule has 0 aliphatic heterocycles. The molecule has 0 bridgehead atoms. The third-order valence-electron chi connectivity index (χ3n) is 6.40. The second-order valence-electron chi connectivity index (χ2n) is 10.2. The molecule has 0 saturated carbocycles. The van der Waals surface area contributed by atoms with E-state index in [0.29, 0.717) is 0 Å². The van der Waals surface area contributed by atoms with E-state index >= 15 is 0 Å². The predicted molar refractivity (Wildman–Crippen MR) is 169 cm³/mol. The third kappa shape index (κ3) is 17.9. The fourth-order valence-electron chi connectivity index (χ4n) is 4.04. The molecule has 0 radical (unpaired) electrons. The first kappa shape index (κ1) is 38.2. The van der Waals surface area contributed by atoms with Gasteiger partial charge in [0, 0.05) is 37.8 Å². The summed E-state index contributed by atoms with van der Waals surface area (Å²) < 4.78 is 21.2. The first-order valence-electron chi connectivity index (χ1n) is 15.2. The summed E-state index contributed by atoms with van der Waals surface area (Å²) in [5.41, 5.74) is 9.84. The van der Waals surface area contributed by atoms with Crippen LogP contribution in [0.5, 0.6) is 0 Å². The summed E-state index contributed by atoms with van der Waals surface area (Å²) in [6, 6.07) is 15.9. The third-order valence-corrected chi connectivity index (χ3v) is 6.40. The summed E-state index contributed by atoms with van der Waals surface area (Å²) in [5, 5.41) is 11.1. The van der Waals surface area contributed by atoms with E-state index in [1.165, 1.54) is 6.92 Å². The Balaban J connectivity index is 1.92. The van der Waals surface area contributed by atoms with Crippen LogP contribution in [0.25, 0.3) is 10.4 Å². The Labute approximate surface area is 273 Å². The number of amides is 3. The minimum absolute atomic E-state index is 0.0560. The number of nitrogens with zero attached hydrogens (tertiary/aromatic N) is 3. The average molecular weight is 655 g/mol. The largest absolute Gasteiger partial charge is 0.461 e. The zero-order chi connectivity index (χ0) is 34.1. The van der Waals surface area contributed by atoms with Gasteiger partial charge in [0.2, 0.25) is 17.7 Å². The number of hydrogen-bond acceptors (Lipinski definition) is 10. The number of esters is 2. The average Bonchev–Trinajstić information content (AvgIpc) is 3.07. The molecule has 15 heteroatoms. The number of rotatable bonds is 23. The summed E-state index contributed by atoms with van der Waals surface area (Å²) in [6.07, 6.45) is -0.506. The lowest BCUT2D eigenvalue weighted by Gasteiger charge is -2.23. The standard InChI is InChI=1S/C32H42N6O9/c1-24(39)36-28(13-15-30(41)47-23-26-10-6-3-7-11-26)32(43)37-27(12-14-29(40)46-22-25-8-4-2-5-9-25)31(42)34-16-18-44-20-21-45-19-17-35-38-33/h2-11,27-28H,12-23H2,1H3,(H,34,42)(H,36,39)(H,37,43)/t27?,28-/m1/s1. The molecule has 3 amide bonds. The zero-order valence-electron chi connectivity index (χ0n) is 26.4. The van der Waals surface area contributed by atoms with Crippen molar-refractivity contribution in [2.24, 2.45) is 5.11 Å². The minimum Gasteiger partial charge on any atom is -0.461 e. The van der Waals surface area contributed by atoms with E-state index in [2.05, 4.69) is 26.0 Å². The summed E-state index contributed by atoms with van der Waals surface area (Å²) in [6.45, 7) is 2.57. The number of ether oxygens (including phenoxy) is 4. The molecule has 0 aromatic heterocycles. The maximum Gasteiger partial charge on any atom is 0.306 e. The van der Waals surface area contributed by atoms with Crippen LogP contribution >= 0.6 is 0 Å². The molecule has 47 heavy (non-hydrogen) atoms. The Morgan fingerprint density at radius 3 is 1.74 bits per heavy atom. The molecular formula is C32H42N6O9. The zero-order valence-corrected chi connectivity index (χ0v) is 26.4. The fraction of sp³-hybridized carbons (Fsp3) is 0.469. The molecule has 1 unspecified atom stereocenters. The second-order valence-corrected chi connectivity index (χ2v) is 10.2. The highest BCUT2D eigenvalue weighted by atomic mass is 16.5. The van der Waals surface area contributed by atoms with Crippen LogP contribution in [0.3, 0.4) is 0 Å². The Kier molecular flexibility index (Phi) is 19.0. The van der Waals surface area contributed by atoms with Crippen molar-refractivity contribution in [3.8, 4) is 0 Å². The topological polar surface area (TPSA) is 207 Å². The van der Waals surface area contributed by atoms with Crippen LogP contribution in [0.4, 0.5) is 0 Å². The van der Waals surface area contributed by atoms with E-state index in [0.717, 1.165) is 11.1 Å². The molecule has 3 N–H and O–H groups in total. The van der Waals surface area contributed by atoms with Gasteiger partial charge < -0.3 is 34.9 Å². The summed E-state index contributed by atoms with van der Waals surface area (Å²) in [4.78, 5) is 65.6. The Morgan fingerprint density at radius 1 is 0.723 bits per heavy atom. The molecule has 0 heterocycles. The lowest BCUT2D eigenvalue weighted by molar-refractivity contribution is -0.146. The smallest absolute Gasteiger partial charge is 0.306 e. The van der Waals surface area contributed by atoms with Crippen LogP contribution in [-0.4, -0.2) is 81.3 Å². The maximum absolute atomic E-state index is 13.2. The van der Waals surface area contributed by atoms with Gasteiger partial charge in [-0.15, -0.1) is 0 Å². The van der Waals surface area contributed by atoms with Crippen molar-refractivity contribution in [1.82, 2.24) is 16.0 Å². The van der Waals surface area contributed by atoms with Crippen molar-refractivity contribution in [3.63, 3.8) is 0 Å². The number of carbonyl (C=O) groups is 5. The highest BCUT2D eigenvalue weighted by Crippen LogP contribution is 2.08. The second kappa shape index (κ2) is 23.4. The normalized spacial score (nSPS) is 11.7. The van der Waals surface area contributed by atoms with Crippen molar-refractivity contribution in [3.05, 3.63) is 82.2 Å². The van der Waals surface area contributed by atoms with Gasteiger partial charge in [0.25, 0.3) is 0 Å². The molecule has 0 aliphatic rings. The van der Waals surface area contributed by atoms with E-state index in [1.54, 1.807) is 24.3 Å². The molecule has 254 valence electrons. The van der Waals surface area contributed by atoms with Crippen LogP contribution < -0.4 is 16.0 Å². The lowest BCUT2D eigenvalue weighted by Crippen LogP contribution is -2.54.